The van der Waals surface area contributed by atoms with Gasteiger partial charge in [-0.25, -0.2) is 9.97 Å². The molecule has 25 heavy (non-hydrogen) atoms. The van der Waals surface area contributed by atoms with Gasteiger partial charge in [0.05, 0.1) is 0 Å². The maximum atomic E-state index is 4.48. The van der Waals surface area contributed by atoms with Crippen LogP contribution < -0.4 is 10.6 Å². The molecule has 3 aromatic rings. The van der Waals surface area contributed by atoms with Gasteiger partial charge in [0.15, 0.2) is 0 Å². The molecule has 0 saturated heterocycles. The third-order valence-corrected chi connectivity index (χ3v) is 4.04. The highest BCUT2D eigenvalue weighted by Gasteiger charge is 2.03. The second kappa shape index (κ2) is 8.29. The molecule has 0 bridgehead atoms. The van der Waals surface area contributed by atoms with Gasteiger partial charge in [-0.1, -0.05) is 49.4 Å². The predicted molar refractivity (Wildman–Crippen MR) is 105 cm³/mol. The Morgan fingerprint density at radius 1 is 0.840 bits per heavy atom. The standard InChI is InChI=1S/C21H24N4/c1-3-17-9-11-19(12-10-17)25-21-15-20(23-16(2)24-21)22-14-13-18-7-5-4-6-8-18/h4-12,15H,3,13-14H2,1-2H3,(H2,22,23,24,25). The van der Waals surface area contributed by atoms with E-state index in [1.807, 2.05) is 19.1 Å². The van der Waals surface area contributed by atoms with Crippen LogP contribution in [0.1, 0.15) is 23.9 Å². The molecule has 4 nitrogen and oxygen atoms in total. The van der Waals surface area contributed by atoms with Crippen LogP contribution in [0, 0.1) is 6.92 Å². The Balaban J connectivity index is 1.63. The van der Waals surface area contributed by atoms with Gasteiger partial charge >= 0.3 is 0 Å². The number of hydrogen-bond donors (Lipinski definition) is 2. The van der Waals surface area contributed by atoms with E-state index in [0.29, 0.717) is 0 Å². The first kappa shape index (κ1) is 17.0. The molecule has 1 heterocycles. The van der Waals surface area contributed by atoms with Crippen LogP contribution in [0.25, 0.3) is 0 Å². The van der Waals surface area contributed by atoms with Crippen molar-refractivity contribution in [2.75, 3.05) is 17.2 Å². The molecule has 0 fully saturated rings. The molecule has 0 radical (unpaired) electrons. The molecule has 0 spiro atoms. The fourth-order valence-electron chi connectivity index (χ4n) is 2.67. The lowest BCUT2D eigenvalue weighted by Gasteiger charge is -2.11. The topological polar surface area (TPSA) is 49.8 Å². The highest BCUT2D eigenvalue weighted by atomic mass is 15.1. The zero-order valence-corrected chi connectivity index (χ0v) is 14.8. The number of anilines is 3. The van der Waals surface area contributed by atoms with Gasteiger partial charge in [-0.05, 0) is 43.0 Å². The quantitative estimate of drug-likeness (QED) is 0.656. The summed E-state index contributed by atoms with van der Waals surface area (Å²) < 4.78 is 0. The average molecular weight is 332 g/mol. The molecule has 3 rings (SSSR count). The number of hydrogen-bond acceptors (Lipinski definition) is 4. The van der Waals surface area contributed by atoms with Crippen molar-refractivity contribution in [3.8, 4) is 0 Å². The third kappa shape index (κ3) is 5.05. The first-order valence-electron chi connectivity index (χ1n) is 8.72. The zero-order valence-electron chi connectivity index (χ0n) is 14.8. The molecule has 0 atom stereocenters. The van der Waals surface area contributed by atoms with Crippen molar-refractivity contribution in [1.29, 1.82) is 0 Å². The van der Waals surface area contributed by atoms with Gasteiger partial charge < -0.3 is 10.6 Å². The molecule has 1 aromatic heterocycles. The number of benzene rings is 2. The average Bonchev–Trinajstić information content (AvgIpc) is 2.63. The van der Waals surface area contributed by atoms with Crippen molar-refractivity contribution in [1.82, 2.24) is 9.97 Å². The van der Waals surface area contributed by atoms with Crippen molar-refractivity contribution in [2.24, 2.45) is 0 Å². The molecule has 2 aromatic carbocycles. The van der Waals surface area contributed by atoms with Crippen LogP contribution in [-0.4, -0.2) is 16.5 Å². The van der Waals surface area contributed by atoms with Crippen LogP contribution in [0.5, 0.6) is 0 Å². The fourth-order valence-corrected chi connectivity index (χ4v) is 2.67. The predicted octanol–water partition coefficient (Wildman–Crippen LogP) is 4.75. The minimum absolute atomic E-state index is 0.748. The van der Waals surface area contributed by atoms with E-state index in [9.17, 15) is 0 Å². The molecule has 128 valence electrons. The van der Waals surface area contributed by atoms with Crippen LogP contribution in [-0.2, 0) is 12.8 Å². The third-order valence-electron chi connectivity index (χ3n) is 4.04. The lowest BCUT2D eigenvalue weighted by molar-refractivity contribution is 0.983. The molecule has 0 amide bonds. The summed E-state index contributed by atoms with van der Waals surface area (Å²) in [5.74, 6) is 2.40. The van der Waals surface area contributed by atoms with Crippen molar-refractivity contribution >= 4 is 17.3 Å². The minimum Gasteiger partial charge on any atom is -0.370 e. The first-order chi connectivity index (χ1) is 12.2. The Morgan fingerprint density at radius 2 is 1.56 bits per heavy atom. The first-order valence-corrected chi connectivity index (χ1v) is 8.72. The molecular weight excluding hydrogens is 308 g/mol. The zero-order chi connectivity index (χ0) is 17.5. The van der Waals surface area contributed by atoms with Crippen LogP contribution in [0.15, 0.2) is 60.7 Å². The largest absolute Gasteiger partial charge is 0.370 e. The maximum absolute atomic E-state index is 4.48. The Hall–Kier alpha value is -2.88. The van der Waals surface area contributed by atoms with Gasteiger partial charge in [0.25, 0.3) is 0 Å². The van der Waals surface area contributed by atoms with Gasteiger partial charge in [-0.2, -0.15) is 0 Å². The maximum Gasteiger partial charge on any atom is 0.136 e. The van der Waals surface area contributed by atoms with Crippen LogP contribution in [0.2, 0.25) is 0 Å². The van der Waals surface area contributed by atoms with E-state index >= 15 is 0 Å². The Morgan fingerprint density at radius 3 is 2.28 bits per heavy atom. The summed E-state index contributed by atoms with van der Waals surface area (Å²) in [7, 11) is 0. The van der Waals surface area contributed by atoms with Gasteiger partial charge in [-0.3, -0.25) is 0 Å². The Labute approximate surface area is 149 Å². The van der Waals surface area contributed by atoms with Gasteiger partial charge in [-0.15, -0.1) is 0 Å². The second-order valence-electron chi connectivity index (χ2n) is 6.02. The van der Waals surface area contributed by atoms with Gasteiger partial charge in [0.1, 0.15) is 17.5 Å². The number of nitrogens with zero attached hydrogens (tertiary/aromatic N) is 2. The van der Waals surface area contributed by atoms with Crippen molar-refractivity contribution in [2.45, 2.75) is 26.7 Å². The molecular formula is C21H24N4. The van der Waals surface area contributed by atoms with Crippen molar-refractivity contribution in [3.63, 3.8) is 0 Å². The number of rotatable bonds is 7. The van der Waals surface area contributed by atoms with Crippen molar-refractivity contribution in [3.05, 3.63) is 77.6 Å². The lowest BCUT2D eigenvalue weighted by atomic mass is 10.1. The molecule has 0 unspecified atom stereocenters. The number of aromatic nitrogens is 2. The summed E-state index contributed by atoms with van der Waals surface area (Å²) >= 11 is 0. The van der Waals surface area contributed by atoms with Crippen LogP contribution in [0.4, 0.5) is 17.3 Å². The van der Waals surface area contributed by atoms with E-state index < -0.39 is 0 Å². The smallest absolute Gasteiger partial charge is 0.136 e. The molecule has 4 heteroatoms. The number of aryl methyl sites for hydroxylation is 2. The molecule has 2 N–H and O–H groups in total. The Kier molecular flexibility index (Phi) is 5.62. The van der Waals surface area contributed by atoms with E-state index in [1.165, 1.54) is 11.1 Å². The summed E-state index contributed by atoms with van der Waals surface area (Å²) in [4.78, 5) is 8.95. The lowest BCUT2D eigenvalue weighted by Crippen LogP contribution is -2.08. The van der Waals surface area contributed by atoms with E-state index in [-0.39, 0.29) is 0 Å². The highest BCUT2D eigenvalue weighted by Crippen LogP contribution is 2.18. The summed E-state index contributed by atoms with van der Waals surface area (Å²) in [6.45, 7) is 4.91. The van der Waals surface area contributed by atoms with E-state index in [2.05, 4.69) is 76.1 Å². The summed E-state index contributed by atoms with van der Waals surface area (Å²) in [5.41, 5.74) is 3.67. The fraction of sp³-hybridized carbons (Fsp3) is 0.238. The Bertz CT molecular complexity index is 798. The highest BCUT2D eigenvalue weighted by molar-refractivity contribution is 5.59. The molecule has 0 saturated carbocycles. The summed E-state index contributed by atoms with van der Waals surface area (Å²) in [6, 6.07) is 20.8. The molecule has 0 aliphatic rings. The van der Waals surface area contributed by atoms with Gasteiger partial charge in [0, 0.05) is 18.3 Å². The molecule has 0 aliphatic heterocycles. The van der Waals surface area contributed by atoms with Crippen molar-refractivity contribution < 1.29 is 0 Å². The normalized spacial score (nSPS) is 10.5. The SMILES string of the molecule is CCc1ccc(Nc2cc(NCCc3ccccc3)nc(C)n2)cc1. The van der Waals surface area contributed by atoms with E-state index in [0.717, 1.165) is 42.5 Å². The van der Waals surface area contributed by atoms with Crippen LogP contribution in [0.3, 0.4) is 0 Å². The van der Waals surface area contributed by atoms with E-state index in [4.69, 9.17) is 0 Å². The minimum atomic E-state index is 0.748. The molecule has 0 aliphatic carbocycles. The van der Waals surface area contributed by atoms with Crippen LogP contribution >= 0.6 is 0 Å². The summed E-state index contributed by atoms with van der Waals surface area (Å²) in [5, 5.41) is 6.74. The van der Waals surface area contributed by atoms with E-state index in [1.54, 1.807) is 0 Å². The number of nitrogens with one attached hydrogen (secondary N) is 2. The second-order valence-corrected chi connectivity index (χ2v) is 6.02. The monoisotopic (exact) mass is 332 g/mol. The van der Waals surface area contributed by atoms with Gasteiger partial charge in [0.2, 0.25) is 0 Å². The summed E-state index contributed by atoms with van der Waals surface area (Å²) in [6.07, 6.45) is 2.01.